The van der Waals surface area contributed by atoms with Crippen LogP contribution in [0, 0.1) is 0 Å². The molecule has 0 spiro atoms. The van der Waals surface area contributed by atoms with Gasteiger partial charge in [0.25, 0.3) is 0 Å². The van der Waals surface area contributed by atoms with Gasteiger partial charge in [0.05, 0.1) is 27.6 Å². The molecule has 1 aromatic carbocycles. The lowest BCUT2D eigenvalue weighted by Crippen LogP contribution is -2.26. The molecule has 0 aliphatic heterocycles. The monoisotopic (exact) mass is 323 g/mol. The molecule has 3 rings (SSSR count). The van der Waals surface area contributed by atoms with Gasteiger partial charge in [0.2, 0.25) is 0 Å². The zero-order valence-corrected chi connectivity index (χ0v) is 11.6. The topological polar surface area (TPSA) is 36.0 Å². The molecule has 2 unspecified atom stereocenters. The molecule has 2 N–H and O–H groups in total. The van der Waals surface area contributed by atoms with Gasteiger partial charge >= 0.3 is 6.18 Å². The van der Waals surface area contributed by atoms with E-state index in [0.29, 0.717) is 5.52 Å². The van der Waals surface area contributed by atoms with Gasteiger partial charge in [0, 0.05) is 11.1 Å². The fourth-order valence-corrected chi connectivity index (χ4v) is 3.30. The molecule has 2 nitrogen and oxygen atoms in total. The van der Waals surface area contributed by atoms with Gasteiger partial charge < -0.3 is 10.1 Å². The minimum atomic E-state index is -4.38. The number of benzene rings is 1. The number of alkyl halides is 3. The maximum Gasteiger partial charge on any atom is 0.395 e. The molecule has 1 aromatic heterocycles. The Hall–Kier alpha value is -0.910. The first kappa shape index (κ1) is 14.0. The maximum atomic E-state index is 13.2. The van der Waals surface area contributed by atoms with Crippen LogP contribution in [0.5, 0.6) is 0 Å². The van der Waals surface area contributed by atoms with E-state index in [4.69, 9.17) is 23.2 Å². The quantitative estimate of drug-likeness (QED) is 0.707. The van der Waals surface area contributed by atoms with E-state index in [2.05, 4.69) is 4.98 Å². The van der Waals surface area contributed by atoms with Crippen molar-refractivity contribution in [3.63, 3.8) is 0 Å². The fourth-order valence-electron chi connectivity index (χ4n) is 2.84. The average molecular weight is 324 g/mol. The summed E-state index contributed by atoms with van der Waals surface area (Å²) in [5, 5.41) is 10.7. The molecule has 108 valence electrons. The number of aromatic nitrogens is 1. The van der Waals surface area contributed by atoms with E-state index in [1.165, 1.54) is 12.1 Å². The predicted molar refractivity (Wildman–Crippen MR) is 71.3 cm³/mol. The largest absolute Gasteiger partial charge is 0.395 e. The number of rotatable bonds is 0. The van der Waals surface area contributed by atoms with Crippen LogP contribution in [0.4, 0.5) is 13.2 Å². The molecule has 2 atom stereocenters. The molecule has 1 aliphatic carbocycles. The first-order chi connectivity index (χ1) is 9.30. The van der Waals surface area contributed by atoms with Gasteiger partial charge in [-0.05, 0) is 30.5 Å². The summed E-state index contributed by atoms with van der Waals surface area (Å²) in [6.45, 7) is 0. The standard InChI is InChI=1S/C13H10Cl2F3NO/c14-6-2-3-7(15)11-10(6)9-5(13(16,17)18)1-4-8(20)12(9)19-11/h2-3,5,8,19-20H,1,4H2. The van der Waals surface area contributed by atoms with Crippen LogP contribution in [0.1, 0.15) is 36.1 Å². The van der Waals surface area contributed by atoms with Crippen molar-refractivity contribution >= 4 is 34.1 Å². The van der Waals surface area contributed by atoms with E-state index in [1.807, 2.05) is 0 Å². The number of nitrogens with one attached hydrogen (secondary N) is 1. The Bertz CT molecular complexity index is 680. The second-order valence-electron chi connectivity index (χ2n) is 4.92. The number of hydrogen-bond donors (Lipinski definition) is 2. The number of aliphatic hydroxyl groups is 1. The third-order valence-corrected chi connectivity index (χ3v) is 4.36. The minimum absolute atomic E-state index is 0.0266. The van der Waals surface area contributed by atoms with Crippen molar-refractivity contribution in [2.45, 2.75) is 31.0 Å². The second kappa shape index (κ2) is 4.55. The van der Waals surface area contributed by atoms with Gasteiger partial charge in [-0.25, -0.2) is 0 Å². The zero-order valence-electron chi connectivity index (χ0n) is 10.1. The molecular formula is C13H10Cl2F3NO. The van der Waals surface area contributed by atoms with Crippen LogP contribution >= 0.6 is 23.2 Å². The van der Waals surface area contributed by atoms with E-state index in [1.54, 1.807) is 0 Å². The molecule has 0 saturated heterocycles. The molecule has 0 amide bonds. The van der Waals surface area contributed by atoms with Crippen LogP contribution in [-0.2, 0) is 0 Å². The van der Waals surface area contributed by atoms with Crippen LogP contribution in [0.15, 0.2) is 12.1 Å². The summed E-state index contributed by atoms with van der Waals surface area (Å²) < 4.78 is 39.6. The van der Waals surface area contributed by atoms with Crippen LogP contribution in [0.2, 0.25) is 10.0 Å². The van der Waals surface area contributed by atoms with Gasteiger partial charge in [-0.3, -0.25) is 0 Å². The van der Waals surface area contributed by atoms with Crippen LogP contribution in [0.3, 0.4) is 0 Å². The molecule has 0 radical (unpaired) electrons. The van der Waals surface area contributed by atoms with E-state index >= 15 is 0 Å². The highest BCUT2D eigenvalue weighted by Gasteiger charge is 2.46. The average Bonchev–Trinajstić information content (AvgIpc) is 2.75. The van der Waals surface area contributed by atoms with Gasteiger partial charge in [0.15, 0.2) is 0 Å². The second-order valence-corrected chi connectivity index (χ2v) is 5.73. The fraction of sp³-hybridized carbons (Fsp3) is 0.385. The van der Waals surface area contributed by atoms with Crippen molar-refractivity contribution in [3.05, 3.63) is 33.4 Å². The van der Waals surface area contributed by atoms with Crippen molar-refractivity contribution < 1.29 is 18.3 Å². The highest BCUT2D eigenvalue weighted by atomic mass is 35.5. The first-order valence-electron chi connectivity index (χ1n) is 6.05. The lowest BCUT2D eigenvalue weighted by Gasteiger charge is -2.28. The summed E-state index contributed by atoms with van der Waals surface area (Å²) in [5.41, 5.74) is 0.543. The number of hydrogen-bond acceptors (Lipinski definition) is 1. The SMILES string of the molecule is OC1CCC(C(F)(F)F)c2c1[nH]c1c(Cl)ccc(Cl)c21. The van der Waals surface area contributed by atoms with Crippen molar-refractivity contribution in [2.24, 2.45) is 0 Å². The molecule has 20 heavy (non-hydrogen) atoms. The predicted octanol–water partition coefficient (Wildman–Crippen LogP) is 4.95. The highest BCUT2D eigenvalue weighted by Crippen LogP contribution is 2.50. The summed E-state index contributed by atoms with van der Waals surface area (Å²) in [5.74, 6) is -1.63. The molecule has 1 heterocycles. The maximum absolute atomic E-state index is 13.2. The Balaban J connectivity index is 2.37. The van der Waals surface area contributed by atoms with Gasteiger partial charge in [-0.15, -0.1) is 0 Å². The van der Waals surface area contributed by atoms with Gasteiger partial charge in [-0.1, -0.05) is 23.2 Å². The molecule has 0 fully saturated rings. The smallest absolute Gasteiger partial charge is 0.387 e. The summed E-state index contributed by atoms with van der Waals surface area (Å²) in [6, 6.07) is 2.98. The van der Waals surface area contributed by atoms with Crippen LogP contribution < -0.4 is 0 Å². The Morgan fingerprint density at radius 2 is 1.80 bits per heavy atom. The van der Waals surface area contributed by atoms with E-state index in [9.17, 15) is 18.3 Å². The Labute approximate surface area is 122 Å². The summed E-state index contributed by atoms with van der Waals surface area (Å²) in [4.78, 5) is 2.81. The number of halogens is 5. The van der Waals surface area contributed by atoms with E-state index in [0.717, 1.165) is 0 Å². The molecule has 2 aromatic rings. The lowest BCUT2D eigenvalue weighted by atomic mass is 9.83. The van der Waals surface area contributed by atoms with E-state index < -0.39 is 18.2 Å². The highest BCUT2D eigenvalue weighted by molar-refractivity contribution is 6.40. The number of aliphatic hydroxyl groups excluding tert-OH is 1. The summed E-state index contributed by atoms with van der Waals surface area (Å²) in [7, 11) is 0. The summed E-state index contributed by atoms with van der Waals surface area (Å²) >= 11 is 12.0. The normalized spacial score (nSPS) is 23.1. The lowest BCUT2D eigenvalue weighted by molar-refractivity contribution is -0.155. The first-order valence-corrected chi connectivity index (χ1v) is 6.80. The molecular weight excluding hydrogens is 314 g/mol. The third kappa shape index (κ3) is 2.00. The number of H-pyrrole nitrogens is 1. The third-order valence-electron chi connectivity index (χ3n) is 3.73. The van der Waals surface area contributed by atoms with Crippen molar-refractivity contribution in [2.75, 3.05) is 0 Å². The van der Waals surface area contributed by atoms with Crippen molar-refractivity contribution in [3.8, 4) is 0 Å². The minimum Gasteiger partial charge on any atom is -0.387 e. The Morgan fingerprint density at radius 1 is 1.15 bits per heavy atom. The van der Waals surface area contributed by atoms with E-state index in [-0.39, 0.29) is 39.5 Å². The zero-order chi connectivity index (χ0) is 14.7. The Kier molecular flexibility index (Phi) is 3.19. The van der Waals surface area contributed by atoms with Crippen LogP contribution in [0.25, 0.3) is 10.9 Å². The van der Waals surface area contributed by atoms with Gasteiger partial charge in [-0.2, -0.15) is 13.2 Å². The molecule has 7 heteroatoms. The molecule has 0 bridgehead atoms. The summed E-state index contributed by atoms with van der Waals surface area (Å²) in [6.07, 6.45) is -5.44. The number of aromatic amines is 1. The number of fused-ring (bicyclic) bond motifs is 3. The van der Waals surface area contributed by atoms with Crippen LogP contribution in [-0.4, -0.2) is 16.3 Å². The molecule has 1 aliphatic rings. The van der Waals surface area contributed by atoms with Gasteiger partial charge in [0.1, 0.15) is 0 Å². The van der Waals surface area contributed by atoms with Crippen molar-refractivity contribution in [1.82, 2.24) is 4.98 Å². The Morgan fingerprint density at radius 3 is 2.45 bits per heavy atom. The van der Waals surface area contributed by atoms with Crippen molar-refractivity contribution in [1.29, 1.82) is 0 Å². The molecule has 0 saturated carbocycles.